The highest BCUT2D eigenvalue weighted by Gasteiger charge is 2.00. The third-order valence-corrected chi connectivity index (χ3v) is 2.15. The first-order valence-electron chi connectivity index (χ1n) is 4.61. The zero-order valence-electron chi connectivity index (χ0n) is 8.02. The zero-order chi connectivity index (χ0) is 10.7. The third kappa shape index (κ3) is 2.19. The number of aliphatic hydroxyl groups is 1. The number of pyridine rings is 1. The van der Waals surface area contributed by atoms with E-state index in [9.17, 15) is 4.39 Å². The summed E-state index contributed by atoms with van der Waals surface area (Å²) in [5.41, 5.74) is 2.27. The summed E-state index contributed by atoms with van der Waals surface area (Å²) in [6.45, 7) is 0.0108. The van der Waals surface area contributed by atoms with E-state index in [1.54, 1.807) is 12.1 Å². The van der Waals surface area contributed by atoms with Gasteiger partial charge >= 0.3 is 0 Å². The molecule has 0 radical (unpaired) electrons. The number of hydrogen-bond donors (Lipinski definition) is 1. The van der Waals surface area contributed by atoms with E-state index < -0.39 is 0 Å². The molecule has 0 spiro atoms. The lowest BCUT2D eigenvalue weighted by atomic mass is 10.1. The SMILES string of the molecule is OCc1ccc(-c2cc(F)ccn2)cc1. The van der Waals surface area contributed by atoms with Crippen LogP contribution < -0.4 is 0 Å². The molecule has 0 saturated heterocycles. The van der Waals surface area contributed by atoms with Crippen LogP contribution in [0.3, 0.4) is 0 Å². The molecule has 0 aliphatic rings. The van der Waals surface area contributed by atoms with Gasteiger partial charge in [-0.1, -0.05) is 24.3 Å². The van der Waals surface area contributed by atoms with Gasteiger partial charge in [-0.2, -0.15) is 0 Å². The first-order valence-corrected chi connectivity index (χ1v) is 4.61. The summed E-state index contributed by atoms with van der Waals surface area (Å²) in [6.07, 6.45) is 1.44. The van der Waals surface area contributed by atoms with Crippen molar-refractivity contribution < 1.29 is 9.50 Å². The van der Waals surface area contributed by atoms with E-state index >= 15 is 0 Å². The molecule has 1 aromatic carbocycles. The van der Waals surface area contributed by atoms with Crippen molar-refractivity contribution in [2.75, 3.05) is 0 Å². The van der Waals surface area contributed by atoms with Gasteiger partial charge in [-0.15, -0.1) is 0 Å². The maximum absolute atomic E-state index is 12.9. The Balaban J connectivity index is 2.37. The average molecular weight is 203 g/mol. The normalized spacial score (nSPS) is 10.3. The van der Waals surface area contributed by atoms with E-state index in [1.807, 2.05) is 12.1 Å². The van der Waals surface area contributed by atoms with Gasteiger partial charge in [0.25, 0.3) is 0 Å². The number of benzene rings is 1. The van der Waals surface area contributed by atoms with Crippen molar-refractivity contribution in [3.05, 3.63) is 54.0 Å². The summed E-state index contributed by atoms with van der Waals surface area (Å²) in [5.74, 6) is -0.300. The predicted molar refractivity (Wildman–Crippen MR) is 55.6 cm³/mol. The van der Waals surface area contributed by atoms with E-state index in [1.165, 1.54) is 18.3 Å². The maximum atomic E-state index is 12.9. The zero-order valence-corrected chi connectivity index (χ0v) is 8.02. The quantitative estimate of drug-likeness (QED) is 0.812. The van der Waals surface area contributed by atoms with Crippen LogP contribution in [0, 0.1) is 5.82 Å². The standard InChI is InChI=1S/C12H10FNO/c13-11-5-6-14-12(7-11)10-3-1-9(8-15)2-4-10/h1-7,15H,8H2. The smallest absolute Gasteiger partial charge is 0.126 e. The minimum Gasteiger partial charge on any atom is -0.392 e. The average Bonchev–Trinajstić information content (AvgIpc) is 2.29. The van der Waals surface area contributed by atoms with Gasteiger partial charge in [-0.25, -0.2) is 4.39 Å². The van der Waals surface area contributed by atoms with Crippen molar-refractivity contribution in [2.24, 2.45) is 0 Å². The van der Waals surface area contributed by atoms with Crippen molar-refractivity contribution in [1.29, 1.82) is 0 Å². The molecule has 0 unspecified atom stereocenters. The van der Waals surface area contributed by atoms with E-state index in [4.69, 9.17) is 5.11 Å². The molecule has 2 nitrogen and oxygen atoms in total. The molecule has 1 aromatic heterocycles. The Bertz CT molecular complexity index is 453. The van der Waals surface area contributed by atoms with Gasteiger partial charge in [0.1, 0.15) is 5.82 Å². The summed E-state index contributed by atoms with van der Waals surface area (Å²) in [7, 11) is 0. The minimum atomic E-state index is -0.300. The van der Waals surface area contributed by atoms with E-state index in [0.717, 1.165) is 11.1 Å². The summed E-state index contributed by atoms with van der Waals surface area (Å²) in [5, 5.41) is 8.87. The molecule has 0 aliphatic carbocycles. The van der Waals surface area contributed by atoms with Gasteiger partial charge in [0.15, 0.2) is 0 Å². The van der Waals surface area contributed by atoms with Crippen LogP contribution in [0.4, 0.5) is 4.39 Å². The van der Waals surface area contributed by atoms with Crippen molar-refractivity contribution in [1.82, 2.24) is 4.98 Å². The fraction of sp³-hybridized carbons (Fsp3) is 0.0833. The lowest BCUT2D eigenvalue weighted by molar-refractivity contribution is 0.282. The van der Waals surface area contributed by atoms with Crippen LogP contribution >= 0.6 is 0 Å². The van der Waals surface area contributed by atoms with Gasteiger partial charge in [-0.05, 0) is 11.6 Å². The first-order chi connectivity index (χ1) is 7.29. The Labute approximate surface area is 87.0 Å². The molecule has 0 atom stereocenters. The van der Waals surface area contributed by atoms with Gasteiger partial charge in [0, 0.05) is 17.8 Å². The topological polar surface area (TPSA) is 33.1 Å². The molecule has 2 aromatic rings. The summed E-state index contributed by atoms with van der Waals surface area (Å²) < 4.78 is 12.9. The van der Waals surface area contributed by atoms with Crippen LogP contribution in [0.2, 0.25) is 0 Å². The fourth-order valence-electron chi connectivity index (χ4n) is 1.34. The number of aliphatic hydroxyl groups excluding tert-OH is 1. The molecule has 1 N–H and O–H groups in total. The van der Waals surface area contributed by atoms with Gasteiger partial charge in [0.05, 0.1) is 12.3 Å². The molecule has 0 amide bonds. The van der Waals surface area contributed by atoms with Crippen LogP contribution in [-0.4, -0.2) is 10.1 Å². The van der Waals surface area contributed by atoms with Crippen molar-refractivity contribution in [2.45, 2.75) is 6.61 Å². The van der Waals surface area contributed by atoms with Gasteiger partial charge in [0.2, 0.25) is 0 Å². The molecule has 0 aliphatic heterocycles. The molecular formula is C12H10FNO. The number of halogens is 1. The number of aromatic nitrogens is 1. The Hall–Kier alpha value is -1.74. The molecule has 1 heterocycles. The van der Waals surface area contributed by atoms with Crippen LogP contribution in [0.25, 0.3) is 11.3 Å². The van der Waals surface area contributed by atoms with Crippen molar-refractivity contribution in [3.8, 4) is 11.3 Å². The molecule has 0 fully saturated rings. The maximum Gasteiger partial charge on any atom is 0.126 e. The Morgan fingerprint density at radius 3 is 2.47 bits per heavy atom. The van der Waals surface area contributed by atoms with Crippen LogP contribution in [-0.2, 0) is 6.61 Å². The fourth-order valence-corrected chi connectivity index (χ4v) is 1.34. The van der Waals surface area contributed by atoms with Gasteiger partial charge < -0.3 is 5.11 Å². The predicted octanol–water partition coefficient (Wildman–Crippen LogP) is 2.38. The van der Waals surface area contributed by atoms with E-state index in [-0.39, 0.29) is 12.4 Å². The minimum absolute atomic E-state index is 0.0108. The molecule has 15 heavy (non-hydrogen) atoms. The highest BCUT2D eigenvalue weighted by atomic mass is 19.1. The second-order valence-corrected chi connectivity index (χ2v) is 3.21. The highest BCUT2D eigenvalue weighted by Crippen LogP contribution is 2.17. The largest absolute Gasteiger partial charge is 0.392 e. The van der Waals surface area contributed by atoms with Crippen LogP contribution in [0.15, 0.2) is 42.6 Å². The van der Waals surface area contributed by atoms with Crippen LogP contribution in [0.1, 0.15) is 5.56 Å². The van der Waals surface area contributed by atoms with E-state index in [2.05, 4.69) is 4.98 Å². The third-order valence-electron chi connectivity index (χ3n) is 2.15. The second kappa shape index (κ2) is 4.19. The highest BCUT2D eigenvalue weighted by molar-refractivity contribution is 5.59. The lowest BCUT2D eigenvalue weighted by Crippen LogP contribution is -1.86. The number of nitrogens with zero attached hydrogens (tertiary/aromatic N) is 1. The summed E-state index contributed by atoms with van der Waals surface area (Å²) >= 11 is 0. The Morgan fingerprint density at radius 1 is 1.13 bits per heavy atom. The Kier molecular flexibility index (Phi) is 2.74. The lowest BCUT2D eigenvalue weighted by Gasteiger charge is -2.01. The summed E-state index contributed by atoms with van der Waals surface area (Å²) in [4.78, 5) is 4.06. The first kappa shape index (κ1) is 9.80. The van der Waals surface area contributed by atoms with Gasteiger partial charge in [-0.3, -0.25) is 4.98 Å². The molecule has 0 bridgehead atoms. The molecule has 2 rings (SSSR count). The molecular weight excluding hydrogens is 193 g/mol. The number of hydrogen-bond acceptors (Lipinski definition) is 2. The summed E-state index contributed by atoms with van der Waals surface area (Å²) in [6, 6.07) is 9.91. The van der Waals surface area contributed by atoms with E-state index in [0.29, 0.717) is 5.69 Å². The molecule has 3 heteroatoms. The monoisotopic (exact) mass is 203 g/mol. The molecule has 76 valence electrons. The van der Waals surface area contributed by atoms with Crippen LogP contribution in [0.5, 0.6) is 0 Å². The number of rotatable bonds is 2. The second-order valence-electron chi connectivity index (χ2n) is 3.21. The van der Waals surface area contributed by atoms with Crippen molar-refractivity contribution >= 4 is 0 Å². The molecule has 0 saturated carbocycles. The van der Waals surface area contributed by atoms with Crippen molar-refractivity contribution in [3.63, 3.8) is 0 Å². The Morgan fingerprint density at radius 2 is 1.87 bits per heavy atom.